The molecular weight excluding hydrogens is 384 g/mol. The third-order valence-corrected chi connectivity index (χ3v) is 9.32. The smallest absolute Gasteiger partial charge is 0.341 e. The summed E-state index contributed by atoms with van der Waals surface area (Å²) in [6.45, 7) is 11.1. The summed E-state index contributed by atoms with van der Waals surface area (Å²) < 4.78 is 10.9. The minimum Gasteiger partial charge on any atom is -0.544 e. The van der Waals surface area contributed by atoms with E-state index in [0.29, 0.717) is 5.56 Å². The van der Waals surface area contributed by atoms with Crippen molar-refractivity contribution in [2.24, 2.45) is 10.2 Å². The lowest BCUT2D eigenvalue weighted by Gasteiger charge is -2.36. The third kappa shape index (κ3) is 6.02. The van der Waals surface area contributed by atoms with E-state index < -0.39 is 14.3 Å². The van der Waals surface area contributed by atoms with Crippen LogP contribution >= 0.6 is 0 Å². The quantitative estimate of drug-likeness (QED) is 0.313. The van der Waals surface area contributed by atoms with Crippen molar-refractivity contribution in [3.8, 4) is 11.5 Å². The lowest BCUT2D eigenvalue weighted by Crippen LogP contribution is -2.43. The van der Waals surface area contributed by atoms with Crippen molar-refractivity contribution in [1.29, 1.82) is 0 Å². The van der Waals surface area contributed by atoms with Crippen LogP contribution < -0.4 is 4.43 Å². The maximum Gasteiger partial charge on any atom is 0.341 e. The minimum absolute atomic E-state index is 0.0812. The summed E-state index contributed by atoms with van der Waals surface area (Å²) in [6, 6.07) is 12.3. The van der Waals surface area contributed by atoms with Gasteiger partial charge in [-0.15, -0.1) is 0 Å². The Labute approximate surface area is 173 Å². The first-order valence-corrected chi connectivity index (χ1v) is 12.2. The van der Waals surface area contributed by atoms with Gasteiger partial charge in [0, 0.05) is 0 Å². The van der Waals surface area contributed by atoms with E-state index in [-0.39, 0.29) is 16.4 Å². The molecule has 2 aromatic carbocycles. The van der Waals surface area contributed by atoms with Crippen molar-refractivity contribution in [2.75, 3.05) is 7.11 Å². The standard InChI is InChI=1S/C22H28N2O4Si/c1-22(2,3)29(5,6)28-18-10-7-16(8-11-18)14-23-24-15-17-9-12-20(25)19(13-17)21(26)27-4/h7-15,25H,1-6H3/b23-14+,24-15+. The number of methoxy groups -OCH3 is 1. The number of rotatable bonds is 6. The van der Waals surface area contributed by atoms with Gasteiger partial charge in [-0.05, 0) is 71.7 Å². The Balaban J connectivity index is 2.03. The van der Waals surface area contributed by atoms with Gasteiger partial charge in [-0.1, -0.05) is 20.8 Å². The maximum absolute atomic E-state index is 11.6. The highest BCUT2D eigenvalue weighted by Gasteiger charge is 2.38. The van der Waals surface area contributed by atoms with Gasteiger partial charge in [-0.25, -0.2) is 4.79 Å². The van der Waals surface area contributed by atoms with E-state index in [1.54, 1.807) is 12.3 Å². The van der Waals surface area contributed by atoms with E-state index in [1.807, 2.05) is 24.3 Å². The lowest BCUT2D eigenvalue weighted by molar-refractivity contribution is 0.0597. The number of ether oxygens (including phenoxy) is 1. The molecule has 0 aliphatic carbocycles. The molecule has 0 unspecified atom stereocenters. The molecule has 0 aliphatic heterocycles. The molecule has 0 aromatic heterocycles. The summed E-state index contributed by atoms with van der Waals surface area (Å²) in [5.41, 5.74) is 1.60. The molecule has 0 saturated heterocycles. The summed E-state index contributed by atoms with van der Waals surface area (Å²) in [6.07, 6.45) is 3.13. The normalized spacial score (nSPS) is 12.5. The number of carbonyl (C=O) groups excluding carboxylic acids is 1. The van der Waals surface area contributed by atoms with Gasteiger partial charge in [0.1, 0.15) is 17.1 Å². The average molecular weight is 413 g/mol. The van der Waals surface area contributed by atoms with Crippen LogP contribution in [0.15, 0.2) is 52.7 Å². The molecular formula is C22H28N2O4Si. The minimum atomic E-state index is -1.86. The summed E-state index contributed by atoms with van der Waals surface area (Å²) in [4.78, 5) is 11.6. The summed E-state index contributed by atoms with van der Waals surface area (Å²) >= 11 is 0. The number of aromatic hydroxyl groups is 1. The highest BCUT2D eigenvalue weighted by Crippen LogP contribution is 2.37. The summed E-state index contributed by atoms with van der Waals surface area (Å²) in [7, 11) is -0.600. The molecule has 0 saturated carbocycles. The van der Waals surface area contributed by atoms with Gasteiger partial charge in [-0.2, -0.15) is 10.2 Å². The Morgan fingerprint density at radius 3 is 2.10 bits per heavy atom. The molecule has 0 bridgehead atoms. The fraction of sp³-hybridized carbons (Fsp3) is 0.318. The van der Waals surface area contributed by atoms with E-state index >= 15 is 0 Å². The van der Waals surface area contributed by atoms with Crippen LogP contribution in [0.3, 0.4) is 0 Å². The first kappa shape index (κ1) is 22.4. The first-order chi connectivity index (χ1) is 13.5. The van der Waals surface area contributed by atoms with Crippen LogP contribution in [0.1, 0.15) is 42.3 Å². The van der Waals surface area contributed by atoms with Gasteiger partial charge in [-0.3, -0.25) is 0 Å². The molecule has 0 atom stereocenters. The number of nitrogens with zero attached hydrogens (tertiary/aromatic N) is 2. The number of benzene rings is 2. The molecule has 6 nitrogen and oxygen atoms in total. The summed E-state index contributed by atoms with van der Waals surface area (Å²) in [5, 5.41) is 17.9. The van der Waals surface area contributed by atoms with Crippen molar-refractivity contribution in [3.63, 3.8) is 0 Å². The van der Waals surface area contributed by atoms with Crippen molar-refractivity contribution in [2.45, 2.75) is 38.9 Å². The maximum atomic E-state index is 11.6. The van der Waals surface area contributed by atoms with Gasteiger partial charge in [0.15, 0.2) is 0 Å². The average Bonchev–Trinajstić information content (AvgIpc) is 2.66. The zero-order valence-electron chi connectivity index (χ0n) is 17.8. The highest BCUT2D eigenvalue weighted by atomic mass is 28.4. The fourth-order valence-electron chi connectivity index (χ4n) is 2.18. The second kappa shape index (κ2) is 9.04. The third-order valence-electron chi connectivity index (χ3n) is 4.97. The van der Waals surface area contributed by atoms with E-state index in [9.17, 15) is 9.90 Å². The van der Waals surface area contributed by atoms with Crippen LogP contribution in [0.25, 0.3) is 0 Å². The molecule has 2 aromatic rings. The zero-order chi connectivity index (χ0) is 21.7. The Kier molecular flexibility index (Phi) is 6.97. The molecule has 154 valence electrons. The van der Waals surface area contributed by atoms with Crippen molar-refractivity contribution < 1.29 is 19.1 Å². The molecule has 1 N–H and O–H groups in total. The number of hydrogen-bond donors (Lipinski definition) is 1. The van der Waals surface area contributed by atoms with Crippen LogP contribution in [0, 0.1) is 0 Å². The predicted molar refractivity (Wildman–Crippen MR) is 119 cm³/mol. The van der Waals surface area contributed by atoms with Gasteiger partial charge >= 0.3 is 5.97 Å². The predicted octanol–water partition coefficient (Wildman–Crippen LogP) is 5.02. The number of esters is 1. The Morgan fingerprint density at radius 2 is 1.55 bits per heavy atom. The van der Waals surface area contributed by atoms with Crippen LogP contribution in [0.4, 0.5) is 0 Å². The van der Waals surface area contributed by atoms with Gasteiger partial charge < -0.3 is 14.3 Å². The zero-order valence-corrected chi connectivity index (χ0v) is 18.8. The van der Waals surface area contributed by atoms with Crippen LogP contribution in [0.5, 0.6) is 11.5 Å². The number of phenolic OH excluding ortho intramolecular Hbond substituents is 1. The lowest BCUT2D eigenvalue weighted by atomic mass is 10.1. The number of carbonyl (C=O) groups is 1. The first-order valence-electron chi connectivity index (χ1n) is 9.30. The Morgan fingerprint density at radius 1 is 1.00 bits per heavy atom. The topological polar surface area (TPSA) is 80.5 Å². The molecule has 0 radical (unpaired) electrons. The van der Waals surface area contributed by atoms with Crippen molar-refractivity contribution >= 4 is 26.7 Å². The molecule has 29 heavy (non-hydrogen) atoms. The Hall–Kier alpha value is -2.93. The molecule has 7 heteroatoms. The second-order valence-corrected chi connectivity index (χ2v) is 12.9. The van der Waals surface area contributed by atoms with Gasteiger partial charge in [0.05, 0.1) is 19.5 Å². The van der Waals surface area contributed by atoms with Gasteiger partial charge in [0.25, 0.3) is 0 Å². The van der Waals surface area contributed by atoms with E-state index in [1.165, 1.54) is 25.5 Å². The van der Waals surface area contributed by atoms with Crippen molar-refractivity contribution in [3.05, 3.63) is 59.2 Å². The Bertz CT molecular complexity index is 913. The molecule has 0 aliphatic rings. The van der Waals surface area contributed by atoms with Crippen molar-refractivity contribution in [1.82, 2.24) is 0 Å². The monoisotopic (exact) mass is 412 g/mol. The molecule has 0 spiro atoms. The van der Waals surface area contributed by atoms with E-state index in [2.05, 4.69) is 48.8 Å². The molecule has 2 rings (SSSR count). The van der Waals surface area contributed by atoms with Gasteiger partial charge in [0.2, 0.25) is 8.32 Å². The molecule has 0 fully saturated rings. The fourth-order valence-corrected chi connectivity index (χ4v) is 3.21. The van der Waals surface area contributed by atoms with Crippen LogP contribution in [0.2, 0.25) is 18.1 Å². The summed E-state index contributed by atoms with van der Waals surface area (Å²) in [5.74, 6) is 0.107. The van der Waals surface area contributed by atoms with Crippen LogP contribution in [-0.2, 0) is 4.74 Å². The van der Waals surface area contributed by atoms with E-state index in [0.717, 1.165) is 11.3 Å². The number of hydrogen-bond acceptors (Lipinski definition) is 6. The largest absolute Gasteiger partial charge is 0.544 e. The second-order valence-electron chi connectivity index (χ2n) is 8.19. The molecule has 0 heterocycles. The highest BCUT2D eigenvalue weighted by molar-refractivity contribution is 6.74. The number of phenols is 1. The molecule has 0 amide bonds. The van der Waals surface area contributed by atoms with E-state index in [4.69, 9.17) is 4.43 Å². The van der Waals surface area contributed by atoms with Crippen LogP contribution in [-0.4, -0.2) is 38.9 Å². The SMILES string of the molecule is COC(=O)c1cc(/C=N/N=C/c2ccc(O[Si](C)(C)C(C)(C)C)cc2)ccc1O.